The van der Waals surface area contributed by atoms with Gasteiger partial charge < -0.3 is 0 Å². The molecule has 14 aromatic carbocycles. The number of hydrogen-bond donors (Lipinski definition) is 0. The molecule has 0 bridgehead atoms. The molecule has 0 fully saturated rings. The SMILES string of the molecule is Cc1ccc(-c2ccc(-c3ccc(-c4cc(F)c(F)c(F)c4)c(F)c3)cc2)cc1.Cc1ccc(-c2ccc(-c3ccc(C)cc3)c(F)c2)cc1.Cc1ccc(-c2ccc(-c3ccc(C)cc3F)cc2)cc1.Cc1ccc(-c2ccc(-c3ccc4cc(C)ccc4c3)c(F)c2F)cc1. The number of halogens is 8. The summed E-state index contributed by atoms with van der Waals surface area (Å²) in [5.41, 5.74) is 20.8. The average molecular weight is 1290 g/mol. The van der Waals surface area contributed by atoms with Crippen LogP contribution in [-0.4, -0.2) is 0 Å². The molecule has 0 unspecified atom stereocenters. The zero-order valence-electron chi connectivity index (χ0n) is 54.7. The van der Waals surface area contributed by atoms with Crippen molar-refractivity contribution >= 4 is 10.8 Å². The standard InChI is InChI=1S/C25H16F4.C24H18F2.2C20H17F/c1-15-2-4-16(5-3-15)17-6-8-18(9-7-17)19-10-11-21(22(26)12-19)20-13-23(27)25(29)24(28)14-20;1-15-3-6-17(7-4-15)21-11-12-22(24(26)23(21)25)20-10-9-18-13-16(2)5-8-19(18)14-20;1-14-3-7-16(8-4-14)18-11-12-19(20(21)13-18)17-9-5-15(2)6-10-17;1-14-3-6-16(7-4-14)17-8-10-18(11-9-17)19-12-5-15(2)13-20(19)21/h2-14H,1H3;3-14H,1-2H3;2*3-13H,1-2H3. The molecule has 0 heterocycles. The first-order chi connectivity index (χ1) is 46.7. The van der Waals surface area contributed by atoms with Crippen LogP contribution < -0.4 is 0 Å². The first-order valence-electron chi connectivity index (χ1n) is 31.8. The first kappa shape index (κ1) is 67.2. The quantitative estimate of drug-likeness (QED) is 0.0998. The van der Waals surface area contributed by atoms with Crippen LogP contribution in [0.1, 0.15) is 38.9 Å². The lowest BCUT2D eigenvalue weighted by Gasteiger charge is -2.10. The van der Waals surface area contributed by atoms with Crippen LogP contribution in [0.5, 0.6) is 0 Å². The average Bonchev–Trinajstić information content (AvgIpc) is 0.822. The van der Waals surface area contributed by atoms with E-state index in [4.69, 9.17) is 0 Å². The zero-order chi connectivity index (χ0) is 68.4. The molecule has 0 aliphatic heterocycles. The fraction of sp³-hybridized carbons (Fsp3) is 0.0787. The number of benzene rings is 14. The van der Waals surface area contributed by atoms with E-state index in [1.54, 1.807) is 30.3 Å². The van der Waals surface area contributed by atoms with Crippen LogP contribution in [0.25, 0.3) is 111 Å². The van der Waals surface area contributed by atoms with Crippen LogP contribution in [0.15, 0.2) is 285 Å². The second-order valence-corrected chi connectivity index (χ2v) is 24.5. The Hall–Kier alpha value is -11.2. The summed E-state index contributed by atoms with van der Waals surface area (Å²) in [6.07, 6.45) is 0. The minimum absolute atomic E-state index is 0.00262. The molecule has 14 aromatic rings. The van der Waals surface area contributed by atoms with Crippen molar-refractivity contribution in [3.05, 3.63) is 371 Å². The Morgan fingerprint density at radius 1 is 0.144 bits per heavy atom. The molecule has 0 spiro atoms. The van der Waals surface area contributed by atoms with Gasteiger partial charge in [-0.15, -0.1) is 0 Å². The zero-order valence-corrected chi connectivity index (χ0v) is 54.7. The third-order valence-electron chi connectivity index (χ3n) is 17.0. The van der Waals surface area contributed by atoms with Crippen molar-refractivity contribution in [1.82, 2.24) is 0 Å². The lowest BCUT2D eigenvalue weighted by molar-refractivity contribution is 0.447. The van der Waals surface area contributed by atoms with Crippen molar-refractivity contribution in [2.24, 2.45) is 0 Å². The Morgan fingerprint density at radius 2 is 0.371 bits per heavy atom. The van der Waals surface area contributed by atoms with Gasteiger partial charge in [0, 0.05) is 27.8 Å². The van der Waals surface area contributed by atoms with Gasteiger partial charge in [0.1, 0.15) is 17.5 Å². The van der Waals surface area contributed by atoms with E-state index in [0.717, 1.165) is 78.5 Å². The second kappa shape index (κ2) is 30.0. The van der Waals surface area contributed by atoms with Crippen molar-refractivity contribution in [1.29, 1.82) is 0 Å². The van der Waals surface area contributed by atoms with Gasteiger partial charge in [-0.25, -0.2) is 35.1 Å². The van der Waals surface area contributed by atoms with E-state index in [9.17, 15) is 35.1 Å². The highest BCUT2D eigenvalue weighted by molar-refractivity contribution is 5.88. The maximum Gasteiger partial charge on any atom is 0.194 e. The summed E-state index contributed by atoms with van der Waals surface area (Å²) in [5.74, 6) is -6.89. The summed E-state index contributed by atoms with van der Waals surface area (Å²) in [6.45, 7) is 14.1. The minimum Gasteiger partial charge on any atom is -0.206 e. The Morgan fingerprint density at radius 3 is 0.763 bits per heavy atom. The fourth-order valence-electron chi connectivity index (χ4n) is 11.4. The molecule has 97 heavy (non-hydrogen) atoms. The fourth-order valence-corrected chi connectivity index (χ4v) is 11.4. The van der Waals surface area contributed by atoms with Gasteiger partial charge in [-0.3, -0.25) is 0 Å². The molecule has 0 radical (unpaired) electrons. The summed E-state index contributed by atoms with van der Waals surface area (Å²) in [4.78, 5) is 0. The number of rotatable bonds is 9. The van der Waals surface area contributed by atoms with Crippen molar-refractivity contribution in [3.63, 3.8) is 0 Å². The molecule has 0 aliphatic carbocycles. The molecule has 14 rings (SSSR count). The smallest absolute Gasteiger partial charge is 0.194 e. The largest absolute Gasteiger partial charge is 0.206 e. The van der Waals surface area contributed by atoms with Gasteiger partial charge in [0.15, 0.2) is 29.1 Å². The van der Waals surface area contributed by atoms with E-state index in [-0.39, 0.29) is 33.9 Å². The molecule has 0 N–H and O–H groups in total. The highest BCUT2D eigenvalue weighted by atomic mass is 19.2. The van der Waals surface area contributed by atoms with Crippen LogP contribution in [0, 0.1) is 95.0 Å². The highest BCUT2D eigenvalue weighted by Crippen LogP contribution is 2.36. The van der Waals surface area contributed by atoms with Crippen LogP contribution in [0.3, 0.4) is 0 Å². The van der Waals surface area contributed by atoms with Gasteiger partial charge in [-0.2, -0.15) is 0 Å². The number of aryl methyl sites for hydroxylation is 7. The number of fused-ring (bicyclic) bond motifs is 1. The Kier molecular flexibility index (Phi) is 20.8. The normalized spacial score (nSPS) is 10.8. The minimum atomic E-state index is -1.57. The summed E-state index contributed by atoms with van der Waals surface area (Å²) in [7, 11) is 0. The molecule has 0 aliphatic rings. The molecular weight excluding hydrogens is 1220 g/mol. The van der Waals surface area contributed by atoms with Crippen LogP contribution in [0.2, 0.25) is 0 Å². The molecule has 0 atom stereocenters. The molecule has 0 saturated heterocycles. The molecule has 8 heteroatoms. The lowest BCUT2D eigenvalue weighted by Crippen LogP contribution is -1.94. The van der Waals surface area contributed by atoms with E-state index >= 15 is 0 Å². The summed E-state index contributed by atoms with van der Waals surface area (Å²) in [5, 5.41) is 2.10. The van der Waals surface area contributed by atoms with Gasteiger partial charge in [-0.1, -0.05) is 282 Å². The predicted molar refractivity (Wildman–Crippen MR) is 385 cm³/mol. The second-order valence-electron chi connectivity index (χ2n) is 24.5. The van der Waals surface area contributed by atoms with E-state index in [1.807, 2.05) is 242 Å². The third-order valence-corrected chi connectivity index (χ3v) is 17.0. The number of hydrogen-bond acceptors (Lipinski definition) is 0. The monoisotopic (exact) mass is 1290 g/mol. The van der Waals surface area contributed by atoms with Gasteiger partial charge >= 0.3 is 0 Å². The van der Waals surface area contributed by atoms with Crippen LogP contribution >= 0.6 is 0 Å². The van der Waals surface area contributed by atoms with E-state index in [2.05, 4.69) is 37.3 Å². The Balaban J connectivity index is 0.000000132. The van der Waals surface area contributed by atoms with Crippen LogP contribution in [-0.2, 0) is 0 Å². The van der Waals surface area contributed by atoms with Crippen LogP contribution in [0.4, 0.5) is 35.1 Å². The summed E-state index contributed by atoms with van der Waals surface area (Å²) < 4.78 is 113. The van der Waals surface area contributed by atoms with Crippen molar-refractivity contribution in [3.8, 4) is 100 Å². The first-order valence-corrected chi connectivity index (χ1v) is 31.8. The van der Waals surface area contributed by atoms with Crippen molar-refractivity contribution in [2.75, 3.05) is 0 Å². The van der Waals surface area contributed by atoms with Gasteiger partial charge in [0.05, 0.1) is 0 Å². The van der Waals surface area contributed by atoms with Crippen molar-refractivity contribution in [2.45, 2.75) is 48.5 Å². The molecule has 480 valence electrons. The molecule has 0 saturated carbocycles. The summed E-state index contributed by atoms with van der Waals surface area (Å²) in [6, 6.07) is 87.6. The highest BCUT2D eigenvalue weighted by Gasteiger charge is 2.18. The molecule has 0 amide bonds. The Bertz CT molecular complexity index is 5050. The topological polar surface area (TPSA) is 0 Å². The molecule has 0 aromatic heterocycles. The summed E-state index contributed by atoms with van der Waals surface area (Å²) >= 11 is 0. The van der Waals surface area contributed by atoms with Gasteiger partial charge in [0.2, 0.25) is 0 Å². The van der Waals surface area contributed by atoms with E-state index in [0.29, 0.717) is 27.8 Å². The maximum absolute atomic E-state index is 14.8. The third kappa shape index (κ3) is 16.3. The lowest BCUT2D eigenvalue weighted by atomic mass is 9.96. The van der Waals surface area contributed by atoms with Gasteiger partial charge in [-0.05, 0) is 174 Å². The maximum atomic E-state index is 14.8. The predicted octanol–water partition coefficient (Wildman–Crippen LogP) is 26.2. The van der Waals surface area contributed by atoms with E-state index < -0.39 is 34.9 Å². The van der Waals surface area contributed by atoms with E-state index in [1.165, 1.54) is 45.5 Å². The van der Waals surface area contributed by atoms with Crippen molar-refractivity contribution < 1.29 is 35.1 Å². The molecule has 0 nitrogen and oxygen atoms in total. The molecular formula is C89H68F8. The van der Waals surface area contributed by atoms with Gasteiger partial charge in [0.25, 0.3) is 0 Å². The Labute approximate surface area is 562 Å².